The molecule has 1 rings (SSSR count). The quantitative estimate of drug-likeness (QED) is 0.785. The van der Waals surface area contributed by atoms with Gasteiger partial charge in [0.15, 0.2) is 0 Å². The Balaban J connectivity index is 0.000000810. The minimum absolute atomic E-state index is 0. The second-order valence-electron chi connectivity index (χ2n) is 1.62. The zero-order valence-electron chi connectivity index (χ0n) is 5.74. The maximum Gasteiger partial charge on any atom is 0.0896 e. The standard InChI is InChI=1S/C6H9NOS.BrH/c1-2-8-3-6-4-9-5-7-6;/h4-5H,2-3H2,1H3;1H. The molecule has 58 valence electrons. The van der Waals surface area contributed by atoms with Crippen LogP contribution in [-0.2, 0) is 11.3 Å². The summed E-state index contributed by atoms with van der Waals surface area (Å²) in [4.78, 5) is 4.05. The number of nitrogens with zero attached hydrogens (tertiary/aromatic N) is 1. The number of ether oxygens (including phenoxy) is 1. The predicted octanol–water partition coefficient (Wildman–Crippen LogP) is 2.26. The van der Waals surface area contributed by atoms with Crippen LogP contribution in [0.5, 0.6) is 0 Å². The van der Waals surface area contributed by atoms with Gasteiger partial charge in [-0.1, -0.05) is 0 Å². The average Bonchev–Trinajstić information content (AvgIpc) is 2.34. The summed E-state index contributed by atoms with van der Waals surface area (Å²) in [5.41, 5.74) is 2.84. The van der Waals surface area contributed by atoms with Gasteiger partial charge in [-0.05, 0) is 6.92 Å². The van der Waals surface area contributed by atoms with Crippen LogP contribution in [0.1, 0.15) is 12.6 Å². The number of hydrogen-bond acceptors (Lipinski definition) is 3. The lowest BCUT2D eigenvalue weighted by atomic mass is 10.5. The molecule has 4 heteroatoms. The van der Waals surface area contributed by atoms with Crippen molar-refractivity contribution in [3.63, 3.8) is 0 Å². The number of thiazole rings is 1. The van der Waals surface area contributed by atoms with Gasteiger partial charge < -0.3 is 4.74 Å². The van der Waals surface area contributed by atoms with Crippen LogP contribution in [-0.4, -0.2) is 11.6 Å². The highest BCUT2D eigenvalue weighted by molar-refractivity contribution is 8.93. The van der Waals surface area contributed by atoms with Crippen LogP contribution in [0.25, 0.3) is 0 Å². The van der Waals surface area contributed by atoms with Crippen molar-refractivity contribution in [2.24, 2.45) is 0 Å². The van der Waals surface area contributed by atoms with E-state index in [9.17, 15) is 0 Å². The Morgan fingerprint density at radius 3 is 3.00 bits per heavy atom. The molecule has 0 aliphatic heterocycles. The maximum atomic E-state index is 5.12. The van der Waals surface area contributed by atoms with Crippen molar-refractivity contribution in [3.05, 3.63) is 16.6 Å². The topological polar surface area (TPSA) is 22.1 Å². The Morgan fingerprint density at radius 1 is 1.70 bits per heavy atom. The first-order chi connectivity index (χ1) is 4.43. The van der Waals surface area contributed by atoms with E-state index >= 15 is 0 Å². The number of aromatic nitrogens is 1. The van der Waals surface area contributed by atoms with Crippen LogP contribution in [0.2, 0.25) is 0 Å². The summed E-state index contributed by atoms with van der Waals surface area (Å²) in [5.74, 6) is 0. The third kappa shape index (κ3) is 3.29. The van der Waals surface area contributed by atoms with Gasteiger partial charge in [-0.3, -0.25) is 0 Å². The summed E-state index contributed by atoms with van der Waals surface area (Å²) < 4.78 is 5.12. The molecule has 0 amide bonds. The van der Waals surface area contributed by atoms with Gasteiger partial charge in [-0.25, -0.2) is 4.98 Å². The minimum atomic E-state index is 0. The van der Waals surface area contributed by atoms with E-state index in [1.807, 2.05) is 17.8 Å². The van der Waals surface area contributed by atoms with Crippen LogP contribution < -0.4 is 0 Å². The van der Waals surface area contributed by atoms with Gasteiger partial charge in [-0.2, -0.15) is 0 Å². The Morgan fingerprint density at radius 2 is 2.50 bits per heavy atom. The molecule has 0 spiro atoms. The molecule has 1 heterocycles. The molecule has 0 unspecified atom stereocenters. The van der Waals surface area contributed by atoms with E-state index in [0.717, 1.165) is 12.3 Å². The molecular weight excluding hydrogens is 214 g/mol. The first-order valence-electron chi connectivity index (χ1n) is 2.88. The van der Waals surface area contributed by atoms with Gasteiger partial charge in [-0.15, -0.1) is 28.3 Å². The van der Waals surface area contributed by atoms with Crippen molar-refractivity contribution >= 4 is 28.3 Å². The van der Waals surface area contributed by atoms with Gasteiger partial charge in [0.1, 0.15) is 0 Å². The Kier molecular flexibility index (Phi) is 5.87. The summed E-state index contributed by atoms with van der Waals surface area (Å²) in [5, 5.41) is 2.00. The smallest absolute Gasteiger partial charge is 0.0896 e. The van der Waals surface area contributed by atoms with E-state index in [4.69, 9.17) is 4.74 Å². The molecule has 10 heavy (non-hydrogen) atoms. The fourth-order valence-corrected chi connectivity index (χ4v) is 1.06. The maximum absolute atomic E-state index is 5.12. The van der Waals surface area contributed by atoms with Crippen molar-refractivity contribution in [2.75, 3.05) is 6.61 Å². The molecule has 0 fully saturated rings. The Hall–Kier alpha value is 0.0700. The molecule has 0 bridgehead atoms. The van der Waals surface area contributed by atoms with Gasteiger partial charge in [0.2, 0.25) is 0 Å². The van der Waals surface area contributed by atoms with Gasteiger partial charge in [0.25, 0.3) is 0 Å². The van der Waals surface area contributed by atoms with E-state index in [-0.39, 0.29) is 17.0 Å². The highest BCUT2D eigenvalue weighted by Crippen LogP contribution is 2.01. The van der Waals surface area contributed by atoms with Gasteiger partial charge in [0, 0.05) is 12.0 Å². The van der Waals surface area contributed by atoms with Crippen molar-refractivity contribution < 1.29 is 4.74 Å². The second-order valence-corrected chi connectivity index (χ2v) is 2.34. The molecule has 1 aromatic rings. The number of halogens is 1. The summed E-state index contributed by atoms with van der Waals surface area (Å²) in [7, 11) is 0. The normalized spacial score (nSPS) is 8.90. The molecule has 0 radical (unpaired) electrons. The van der Waals surface area contributed by atoms with Crippen LogP contribution in [0, 0.1) is 0 Å². The zero-order chi connectivity index (χ0) is 6.53. The van der Waals surface area contributed by atoms with Crippen molar-refractivity contribution in [2.45, 2.75) is 13.5 Å². The number of rotatable bonds is 3. The summed E-state index contributed by atoms with van der Waals surface area (Å²) in [6.07, 6.45) is 0. The summed E-state index contributed by atoms with van der Waals surface area (Å²) >= 11 is 1.60. The molecular formula is C6H10BrNOS. The third-order valence-corrected chi connectivity index (χ3v) is 1.57. The number of hydrogen-bond donors (Lipinski definition) is 0. The average molecular weight is 224 g/mol. The van der Waals surface area contributed by atoms with E-state index in [1.165, 1.54) is 0 Å². The lowest BCUT2D eigenvalue weighted by Crippen LogP contribution is -1.90. The third-order valence-electron chi connectivity index (χ3n) is 0.938. The second kappa shape index (κ2) is 5.82. The molecule has 0 aliphatic rings. The van der Waals surface area contributed by atoms with Crippen LogP contribution >= 0.6 is 28.3 Å². The van der Waals surface area contributed by atoms with Crippen LogP contribution in [0.4, 0.5) is 0 Å². The Bertz CT molecular complexity index is 155. The van der Waals surface area contributed by atoms with Crippen molar-refractivity contribution in [3.8, 4) is 0 Å². The SMILES string of the molecule is Br.CCOCc1cscn1. The lowest BCUT2D eigenvalue weighted by molar-refractivity contribution is 0.131. The minimum Gasteiger partial charge on any atom is -0.375 e. The monoisotopic (exact) mass is 223 g/mol. The fourth-order valence-electron chi connectivity index (χ4n) is 0.515. The fraction of sp³-hybridized carbons (Fsp3) is 0.500. The predicted molar refractivity (Wildman–Crippen MR) is 47.8 cm³/mol. The first kappa shape index (κ1) is 10.1. The van der Waals surface area contributed by atoms with Gasteiger partial charge >= 0.3 is 0 Å². The van der Waals surface area contributed by atoms with Crippen molar-refractivity contribution in [1.82, 2.24) is 4.98 Å². The highest BCUT2D eigenvalue weighted by Gasteiger charge is 1.90. The molecule has 2 nitrogen and oxygen atoms in total. The van der Waals surface area contributed by atoms with Gasteiger partial charge in [0.05, 0.1) is 17.8 Å². The molecule has 0 saturated heterocycles. The molecule has 1 aromatic heterocycles. The Labute approximate surface area is 75.0 Å². The largest absolute Gasteiger partial charge is 0.375 e. The molecule has 0 aliphatic carbocycles. The van der Waals surface area contributed by atoms with E-state index < -0.39 is 0 Å². The molecule has 0 atom stereocenters. The molecule has 0 N–H and O–H groups in total. The molecule has 0 saturated carbocycles. The van der Waals surface area contributed by atoms with E-state index in [0.29, 0.717) is 6.61 Å². The summed E-state index contributed by atoms with van der Waals surface area (Å²) in [6.45, 7) is 3.39. The zero-order valence-corrected chi connectivity index (χ0v) is 8.27. The van der Waals surface area contributed by atoms with E-state index in [2.05, 4.69) is 4.98 Å². The first-order valence-corrected chi connectivity index (χ1v) is 3.82. The van der Waals surface area contributed by atoms with Crippen LogP contribution in [0.3, 0.4) is 0 Å². The van der Waals surface area contributed by atoms with Crippen LogP contribution in [0.15, 0.2) is 10.9 Å². The van der Waals surface area contributed by atoms with E-state index in [1.54, 1.807) is 11.3 Å². The summed E-state index contributed by atoms with van der Waals surface area (Å²) in [6, 6.07) is 0. The lowest BCUT2D eigenvalue weighted by Gasteiger charge is -1.93. The molecule has 0 aromatic carbocycles. The highest BCUT2D eigenvalue weighted by atomic mass is 79.9. The van der Waals surface area contributed by atoms with Crippen molar-refractivity contribution in [1.29, 1.82) is 0 Å².